The van der Waals surface area contributed by atoms with Crippen molar-refractivity contribution in [1.29, 1.82) is 0 Å². The summed E-state index contributed by atoms with van der Waals surface area (Å²) in [4.78, 5) is 21.6. The third-order valence-electron chi connectivity index (χ3n) is 25.1. The van der Waals surface area contributed by atoms with Gasteiger partial charge in [0.05, 0.1) is 22.8 Å². The lowest BCUT2D eigenvalue weighted by molar-refractivity contribution is 0.668. The third kappa shape index (κ3) is 12.0. The molecular weight excluding hydrogens is 1580 g/mol. The first-order valence-electron chi connectivity index (χ1n) is 42.3. The topological polar surface area (TPSA) is 104 Å². The molecule has 26 rings (SSSR count). The minimum atomic E-state index is 0.635. The Hall–Kier alpha value is -16.2. The maximum atomic E-state index is 7.28. The largest absolute Gasteiger partial charge is 0.456 e. The third-order valence-corrected chi connectivity index (χ3v) is 27.6. The van der Waals surface area contributed by atoms with E-state index in [4.69, 9.17) is 37.6 Å². The molecule has 0 radical (unpaired) electrons. The quantitative estimate of drug-likeness (QED) is 0.112. The predicted octanol–water partition coefficient (Wildman–Crippen LogP) is 33.3. The number of hydrogen-bond donors (Lipinski definition) is 0. The molecule has 0 bridgehead atoms. The van der Waals surface area contributed by atoms with Gasteiger partial charge in [-0.3, -0.25) is 0 Å². The molecule has 0 amide bonds. The Morgan fingerprint density at radius 1 is 0.159 bits per heavy atom. The summed E-state index contributed by atoms with van der Waals surface area (Å²) in [6.07, 6.45) is 0. The van der Waals surface area contributed by atoms with Gasteiger partial charge in [-0.05, 0) is 188 Å². The summed E-state index contributed by atoms with van der Waals surface area (Å²) < 4.78 is 31.8. The molecule has 0 saturated heterocycles. The van der Waals surface area contributed by atoms with Crippen LogP contribution in [0.25, 0.3) is 274 Å². The number of rotatable bonds is 13. The van der Waals surface area contributed by atoms with Crippen molar-refractivity contribution in [1.82, 2.24) is 19.9 Å². The predicted molar refractivity (Wildman–Crippen MR) is 523 cm³/mol. The van der Waals surface area contributed by atoms with Gasteiger partial charge in [0.25, 0.3) is 0 Å². The second-order valence-corrected chi connectivity index (χ2v) is 34.7. The van der Waals surface area contributed by atoms with Crippen LogP contribution in [0.2, 0.25) is 0 Å². The summed E-state index contributed by atoms with van der Waals surface area (Å²) in [6.45, 7) is 0. The molecule has 0 aliphatic rings. The molecule has 10 heteroatoms. The van der Waals surface area contributed by atoms with E-state index >= 15 is 0 Å². The lowest BCUT2D eigenvalue weighted by atomic mass is 9.93. The molecule has 0 fully saturated rings. The first kappa shape index (κ1) is 71.5. The molecule has 8 aromatic heterocycles. The monoisotopic (exact) mass is 1640 g/mol. The van der Waals surface area contributed by atoms with E-state index in [9.17, 15) is 0 Å². The van der Waals surface area contributed by atoms with Crippen LogP contribution in [-0.2, 0) is 0 Å². The zero-order chi connectivity index (χ0) is 82.6. The van der Waals surface area contributed by atoms with E-state index in [2.05, 4.69) is 328 Å². The van der Waals surface area contributed by atoms with Crippen LogP contribution in [0.4, 0.5) is 0 Å². The summed E-state index contributed by atoms with van der Waals surface area (Å²) in [7, 11) is 0. The SMILES string of the molecule is c1ccc(-c2nc(-c3ccc(-c4ccc5sc6c(-c7ccc8c(c7)oc7c(-c9cc(-c%10cc(-c%11ccc(-c%12cccc%13c%12sc%12ccccc%12%13)cc%11)nc(-c%11ccccc%11)n%10)cc(-c%10cccc%11c%10oc%10ccccc%10%11)c9)cccc78)cccc6c5c4)cc3)cc(-c3cc(-c4ccc5oc6ccccc6c5c4)cc(-c4ccc5oc6ccccc6c5c4)c3)n2)cc1. The fourth-order valence-electron chi connectivity index (χ4n) is 18.9. The molecule has 0 saturated carbocycles. The smallest absolute Gasteiger partial charge is 0.160 e. The fraction of sp³-hybridized carbons (Fsp3) is 0. The van der Waals surface area contributed by atoms with Gasteiger partial charge in [-0.2, -0.15) is 0 Å². The van der Waals surface area contributed by atoms with Crippen molar-refractivity contribution in [2.75, 3.05) is 0 Å². The van der Waals surface area contributed by atoms with Crippen molar-refractivity contribution < 1.29 is 17.7 Å². The Balaban J connectivity index is 0.549. The van der Waals surface area contributed by atoms with E-state index in [0.717, 1.165) is 216 Å². The van der Waals surface area contributed by atoms with Crippen LogP contribution in [-0.4, -0.2) is 19.9 Å². The van der Waals surface area contributed by atoms with Crippen molar-refractivity contribution in [3.05, 3.63) is 400 Å². The maximum absolute atomic E-state index is 7.28. The Morgan fingerprint density at radius 2 is 0.508 bits per heavy atom. The molecule has 0 aliphatic heterocycles. The van der Waals surface area contributed by atoms with E-state index in [1.54, 1.807) is 0 Å². The fourth-order valence-corrected chi connectivity index (χ4v) is 21.4. The van der Waals surface area contributed by atoms with Gasteiger partial charge in [-0.15, -0.1) is 22.7 Å². The van der Waals surface area contributed by atoms with Crippen molar-refractivity contribution >= 4 is 151 Å². The molecule has 8 nitrogen and oxygen atoms in total. The van der Waals surface area contributed by atoms with E-state index in [1.165, 1.54) is 45.9 Å². The average molecular weight is 1640 g/mol. The number of hydrogen-bond acceptors (Lipinski definition) is 10. The molecule has 126 heavy (non-hydrogen) atoms. The minimum Gasteiger partial charge on any atom is -0.456 e. The van der Waals surface area contributed by atoms with Gasteiger partial charge in [0, 0.05) is 128 Å². The summed E-state index contributed by atoms with van der Waals surface area (Å²) in [5.41, 5.74) is 30.6. The van der Waals surface area contributed by atoms with Crippen LogP contribution < -0.4 is 0 Å². The highest BCUT2D eigenvalue weighted by atomic mass is 32.1. The van der Waals surface area contributed by atoms with Gasteiger partial charge >= 0.3 is 0 Å². The van der Waals surface area contributed by atoms with Gasteiger partial charge in [-0.25, -0.2) is 19.9 Å². The minimum absolute atomic E-state index is 0.635. The molecule has 0 atom stereocenters. The number of fused-ring (bicyclic) bond motifs is 18. The van der Waals surface area contributed by atoms with Crippen LogP contribution in [0.15, 0.2) is 418 Å². The van der Waals surface area contributed by atoms with Crippen molar-refractivity contribution in [3.8, 4) is 146 Å². The standard InChI is InChI=1S/C116H66N4O4S2/c1-3-19-71(20-4-1)115-117-99(65-101(119-115)81-56-77(74-48-52-106-96(61-74)88-24-8-11-35-103(88)121-106)55-78(57-81)75-49-53-107-97(62-75)89-25-9-12-36-104(89)122-107)69-43-39-67(40-44-69)73-50-54-110-98(63-73)95-34-18-30-86(114(95)126-110)76-47-51-90-93-32-16-28-84(112(93)124-108(90)64-76)80-58-79(83-27-15-31-92-87-23-7-13-37-105(87)123-111(83)92)59-82(60-80)102-66-100(118-116(120-102)72-21-5-2-6-22-72)70-45-41-68(42-46-70)85-29-17-33-94-91-26-10-14-38-109(91)125-113(85)94/h1-66H. The summed E-state index contributed by atoms with van der Waals surface area (Å²) >= 11 is 3.68. The van der Waals surface area contributed by atoms with E-state index < -0.39 is 0 Å². The highest BCUT2D eigenvalue weighted by Gasteiger charge is 2.24. The number of nitrogens with zero attached hydrogens (tertiary/aromatic N) is 4. The summed E-state index contributed by atoms with van der Waals surface area (Å²) in [5.74, 6) is 1.28. The highest BCUT2D eigenvalue weighted by molar-refractivity contribution is 7.26. The Kier molecular flexibility index (Phi) is 16.3. The average Bonchev–Trinajstić information content (AvgIpc) is 1.54. The summed E-state index contributed by atoms with van der Waals surface area (Å²) in [6, 6.07) is 143. The van der Waals surface area contributed by atoms with Crippen molar-refractivity contribution in [2.45, 2.75) is 0 Å². The maximum Gasteiger partial charge on any atom is 0.160 e. The Labute approximate surface area is 729 Å². The highest BCUT2D eigenvalue weighted by Crippen LogP contribution is 2.49. The van der Waals surface area contributed by atoms with Crippen LogP contribution >= 0.6 is 22.7 Å². The lowest BCUT2D eigenvalue weighted by Gasteiger charge is -2.14. The zero-order valence-corrected chi connectivity index (χ0v) is 69.0. The molecule has 18 aromatic carbocycles. The van der Waals surface area contributed by atoms with Gasteiger partial charge in [0.1, 0.15) is 44.7 Å². The first-order chi connectivity index (χ1) is 62.3. The van der Waals surface area contributed by atoms with Crippen LogP contribution in [0.5, 0.6) is 0 Å². The molecule has 0 spiro atoms. The number of benzene rings is 18. The normalized spacial score (nSPS) is 12.0. The molecule has 26 aromatic rings. The Bertz CT molecular complexity index is 8850. The molecule has 586 valence electrons. The zero-order valence-electron chi connectivity index (χ0n) is 67.3. The second kappa shape index (κ2) is 28.7. The molecular formula is C116H66N4O4S2. The number of aromatic nitrogens is 4. The number of furan rings is 4. The van der Waals surface area contributed by atoms with E-state index in [-0.39, 0.29) is 0 Å². The van der Waals surface area contributed by atoms with Crippen molar-refractivity contribution in [2.24, 2.45) is 0 Å². The van der Waals surface area contributed by atoms with E-state index in [1.807, 2.05) is 95.5 Å². The molecule has 0 aliphatic carbocycles. The Morgan fingerprint density at radius 3 is 1.06 bits per heavy atom. The molecule has 0 unspecified atom stereocenters. The lowest BCUT2D eigenvalue weighted by Crippen LogP contribution is -1.96. The van der Waals surface area contributed by atoms with Crippen LogP contribution in [0.1, 0.15) is 0 Å². The van der Waals surface area contributed by atoms with Crippen LogP contribution in [0, 0.1) is 0 Å². The first-order valence-corrected chi connectivity index (χ1v) is 43.9. The van der Waals surface area contributed by atoms with Crippen LogP contribution in [0.3, 0.4) is 0 Å². The second-order valence-electron chi connectivity index (χ2n) is 32.6. The molecule has 0 N–H and O–H groups in total. The van der Waals surface area contributed by atoms with Gasteiger partial charge in [-0.1, -0.05) is 279 Å². The van der Waals surface area contributed by atoms with Gasteiger partial charge in [0.15, 0.2) is 11.6 Å². The molecule has 8 heterocycles. The van der Waals surface area contributed by atoms with Crippen molar-refractivity contribution in [3.63, 3.8) is 0 Å². The number of para-hydroxylation sites is 5. The summed E-state index contributed by atoms with van der Waals surface area (Å²) in [5, 5.41) is 13.5. The number of thiophene rings is 2. The van der Waals surface area contributed by atoms with Gasteiger partial charge in [0.2, 0.25) is 0 Å². The van der Waals surface area contributed by atoms with Gasteiger partial charge < -0.3 is 17.7 Å². The van der Waals surface area contributed by atoms with E-state index in [0.29, 0.717) is 11.6 Å².